The first kappa shape index (κ1) is 14.6. The van der Waals surface area contributed by atoms with E-state index in [1.807, 2.05) is 26.1 Å². The van der Waals surface area contributed by atoms with Crippen molar-refractivity contribution in [3.63, 3.8) is 0 Å². The van der Waals surface area contributed by atoms with Crippen molar-refractivity contribution >= 4 is 29.2 Å². The lowest BCUT2D eigenvalue weighted by molar-refractivity contribution is 0.0390. The quantitative estimate of drug-likeness (QED) is 0.850. The summed E-state index contributed by atoms with van der Waals surface area (Å²) in [5, 5.41) is 5.39. The zero-order chi connectivity index (χ0) is 15.0. The van der Waals surface area contributed by atoms with Gasteiger partial charge in [0.25, 0.3) is 0 Å². The number of benzene rings is 1. The summed E-state index contributed by atoms with van der Waals surface area (Å²) in [7, 11) is 1.90. The second kappa shape index (κ2) is 5.83. The van der Waals surface area contributed by atoms with Crippen molar-refractivity contribution in [1.82, 2.24) is 14.8 Å². The van der Waals surface area contributed by atoms with Gasteiger partial charge in [0.05, 0.1) is 23.2 Å². The Morgan fingerprint density at radius 2 is 2.10 bits per heavy atom. The van der Waals surface area contributed by atoms with Gasteiger partial charge in [-0.2, -0.15) is 10.1 Å². The number of morpholine rings is 1. The summed E-state index contributed by atoms with van der Waals surface area (Å²) in [6.45, 7) is 4.03. The summed E-state index contributed by atoms with van der Waals surface area (Å²) in [5.41, 5.74) is 1.02. The van der Waals surface area contributed by atoms with Crippen molar-refractivity contribution in [2.24, 2.45) is 7.05 Å². The smallest absolute Gasteiger partial charge is 0.223 e. The Balaban J connectivity index is 1.82. The summed E-state index contributed by atoms with van der Waals surface area (Å²) < 4.78 is 7.65. The van der Waals surface area contributed by atoms with E-state index in [1.54, 1.807) is 10.7 Å². The third kappa shape index (κ3) is 3.00. The molecule has 1 aliphatic heterocycles. The first-order chi connectivity index (χ1) is 10.0. The Bertz CT molecular complexity index is 658. The minimum Gasteiger partial charge on any atom is -0.370 e. The van der Waals surface area contributed by atoms with Crippen molar-refractivity contribution in [1.29, 1.82) is 0 Å². The molecule has 2 aromatic rings. The predicted octanol–water partition coefficient (Wildman–Crippen LogP) is 3.01. The van der Waals surface area contributed by atoms with Crippen molar-refractivity contribution in [2.75, 3.05) is 24.6 Å². The van der Waals surface area contributed by atoms with Crippen molar-refractivity contribution < 1.29 is 4.74 Å². The molecule has 1 unspecified atom stereocenters. The molecular weight excluding hydrogens is 311 g/mol. The first-order valence-electron chi connectivity index (χ1n) is 6.74. The molecule has 2 heterocycles. The molecular formula is C14H16Cl2N4O. The highest BCUT2D eigenvalue weighted by atomic mass is 35.5. The summed E-state index contributed by atoms with van der Waals surface area (Å²) in [6, 6.07) is 5.61. The van der Waals surface area contributed by atoms with Crippen LogP contribution in [0, 0.1) is 6.92 Å². The van der Waals surface area contributed by atoms with Gasteiger partial charge in [0.2, 0.25) is 5.95 Å². The number of aromatic nitrogens is 3. The number of halogens is 2. The van der Waals surface area contributed by atoms with E-state index in [9.17, 15) is 0 Å². The fraction of sp³-hybridized carbons (Fsp3) is 0.429. The van der Waals surface area contributed by atoms with Gasteiger partial charge in [0.1, 0.15) is 11.9 Å². The van der Waals surface area contributed by atoms with E-state index >= 15 is 0 Å². The lowest BCUT2D eigenvalue weighted by atomic mass is 10.1. The van der Waals surface area contributed by atoms with E-state index in [-0.39, 0.29) is 6.10 Å². The van der Waals surface area contributed by atoms with Gasteiger partial charge in [-0.3, -0.25) is 0 Å². The zero-order valence-electron chi connectivity index (χ0n) is 11.9. The first-order valence-corrected chi connectivity index (χ1v) is 7.49. The molecule has 1 fully saturated rings. The van der Waals surface area contributed by atoms with Crippen LogP contribution in [0.1, 0.15) is 17.5 Å². The third-order valence-corrected chi connectivity index (χ3v) is 4.25. The van der Waals surface area contributed by atoms with Crippen LogP contribution < -0.4 is 4.90 Å². The fourth-order valence-electron chi connectivity index (χ4n) is 2.52. The average molecular weight is 327 g/mol. The van der Waals surface area contributed by atoms with Crippen LogP contribution in [0.25, 0.3) is 0 Å². The molecule has 1 aromatic carbocycles. The lowest BCUT2D eigenvalue weighted by Gasteiger charge is -2.33. The van der Waals surface area contributed by atoms with Crippen LogP contribution in [-0.4, -0.2) is 34.5 Å². The van der Waals surface area contributed by atoms with E-state index in [2.05, 4.69) is 15.0 Å². The molecule has 1 saturated heterocycles. The van der Waals surface area contributed by atoms with E-state index in [1.165, 1.54) is 0 Å². The molecule has 1 aromatic heterocycles. The highest BCUT2D eigenvalue weighted by Crippen LogP contribution is 2.30. The Hall–Kier alpha value is -1.30. The van der Waals surface area contributed by atoms with Crippen LogP contribution >= 0.6 is 23.2 Å². The highest BCUT2D eigenvalue weighted by molar-refractivity contribution is 6.42. The molecule has 21 heavy (non-hydrogen) atoms. The number of ether oxygens (including phenoxy) is 1. The summed E-state index contributed by atoms with van der Waals surface area (Å²) >= 11 is 12.1. The fourth-order valence-corrected chi connectivity index (χ4v) is 2.83. The van der Waals surface area contributed by atoms with Gasteiger partial charge in [-0.05, 0) is 24.6 Å². The summed E-state index contributed by atoms with van der Waals surface area (Å²) in [4.78, 5) is 6.65. The van der Waals surface area contributed by atoms with Gasteiger partial charge in [-0.1, -0.05) is 29.3 Å². The standard InChI is InChI=1S/C14H16Cl2N4O/c1-9-17-14(19(2)18-9)20-5-6-21-13(8-20)10-3-4-11(15)12(16)7-10/h3-4,7,13H,5-6,8H2,1-2H3. The molecule has 1 atom stereocenters. The second-order valence-corrected chi connectivity index (χ2v) is 5.88. The molecule has 0 amide bonds. The normalized spacial score (nSPS) is 19.0. The van der Waals surface area contributed by atoms with Gasteiger partial charge in [-0.15, -0.1) is 0 Å². The number of rotatable bonds is 2. The third-order valence-electron chi connectivity index (χ3n) is 3.51. The maximum Gasteiger partial charge on any atom is 0.223 e. The van der Waals surface area contributed by atoms with Gasteiger partial charge in [-0.25, -0.2) is 4.68 Å². The summed E-state index contributed by atoms with van der Waals surface area (Å²) in [5.74, 6) is 1.63. The van der Waals surface area contributed by atoms with E-state index in [4.69, 9.17) is 27.9 Å². The topological polar surface area (TPSA) is 43.2 Å². The molecule has 0 radical (unpaired) electrons. The Labute approximate surface area is 133 Å². The second-order valence-electron chi connectivity index (χ2n) is 5.06. The van der Waals surface area contributed by atoms with Crippen LogP contribution in [0.5, 0.6) is 0 Å². The minimum atomic E-state index is -0.0504. The number of nitrogens with zero attached hydrogens (tertiary/aromatic N) is 4. The molecule has 0 saturated carbocycles. The molecule has 0 bridgehead atoms. The lowest BCUT2D eigenvalue weighted by Crippen LogP contribution is -2.39. The maximum atomic E-state index is 6.09. The van der Waals surface area contributed by atoms with E-state index < -0.39 is 0 Å². The van der Waals surface area contributed by atoms with Gasteiger partial charge in [0, 0.05) is 13.6 Å². The van der Waals surface area contributed by atoms with Crippen molar-refractivity contribution in [3.8, 4) is 0 Å². The maximum absolute atomic E-state index is 6.09. The highest BCUT2D eigenvalue weighted by Gasteiger charge is 2.25. The van der Waals surface area contributed by atoms with E-state index in [0.717, 1.165) is 23.9 Å². The van der Waals surface area contributed by atoms with Crippen molar-refractivity contribution in [3.05, 3.63) is 39.6 Å². The molecule has 0 aliphatic carbocycles. The minimum absolute atomic E-state index is 0.0504. The Kier molecular flexibility index (Phi) is 4.06. The summed E-state index contributed by atoms with van der Waals surface area (Å²) in [6.07, 6.45) is -0.0504. The van der Waals surface area contributed by atoms with Crippen LogP contribution in [0.15, 0.2) is 18.2 Å². The molecule has 3 rings (SSSR count). The van der Waals surface area contributed by atoms with Gasteiger partial charge >= 0.3 is 0 Å². The number of hydrogen-bond donors (Lipinski definition) is 0. The molecule has 1 aliphatic rings. The van der Waals surface area contributed by atoms with Gasteiger partial charge in [0.15, 0.2) is 0 Å². The monoisotopic (exact) mass is 326 g/mol. The van der Waals surface area contributed by atoms with E-state index in [0.29, 0.717) is 23.2 Å². The van der Waals surface area contributed by atoms with Crippen molar-refractivity contribution in [2.45, 2.75) is 13.0 Å². The molecule has 7 heteroatoms. The molecule has 112 valence electrons. The Morgan fingerprint density at radius 3 is 2.76 bits per heavy atom. The van der Waals surface area contributed by atoms with Crippen LogP contribution in [0.3, 0.4) is 0 Å². The van der Waals surface area contributed by atoms with Crippen LogP contribution in [0.2, 0.25) is 10.0 Å². The number of aryl methyl sites for hydroxylation is 2. The van der Waals surface area contributed by atoms with Crippen LogP contribution in [0.4, 0.5) is 5.95 Å². The average Bonchev–Trinajstić information content (AvgIpc) is 2.81. The SMILES string of the molecule is Cc1nc(N2CCOC(c3ccc(Cl)c(Cl)c3)C2)n(C)n1. The predicted molar refractivity (Wildman–Crippen MR) is 83.1 cm³/mol. The Morgan fingerprint density at radius 1 is 1.29 bits per heavy atom. The number of anilines is 1. The van der Waals surface area contributed by atoms with Crippen LogP contribution in [-0.2, 0) is 11.8 Å². The molecule has 0 spiro atoms. The zero-order valence-corrected chi connectivity index (χ0v) is 13.4. The molecule has 5 nitrogen and oxygen atoms in total. The molecule has 0 N–H and O–H groups in total. The van der Waals surface area contributed by atoms with Gasteiger partial charge < -0.3 is 9.64 Å². The number of hydrogen-bond acceptors (Lipinski definition) is 4. The largest absolute Gasteiger partial charge is 0.370 e.